The summed E-state index contributed by atoms with van der Waals surface area (Å²) in [6.45, 7) is 10.3. The van der Waals surface area contributed by atoms with Gasteiger partial charge in [0.2, 0.25) is 5.95 Å². The van der Waals surface area contributed by atoms with Crippen molar-refractivity contribution in [2.24, 2.45) is 7.05 Å². The molecule has 1 aliphatic heterocycles. The molecule has 0 aromatic carbocycles. The van der Waals surface area contributed by atoms with Gasteiger partial charge in [-0.15, -0.1) is 5.10 Å². The highest BCUT2D eigenvalue weighted by Crippen LogP contribution is 2.25. The van der Waals surface area contributed by atoms with Crippen molar-refractivity contribution in [1.29, 1.82) is 0 Å². The molecule has 1 aliphatic rings. The molecule has 2 N–H and O–H groups in total. The van der Waals surface area contributed by atoms with Crippen molar-refractivity contribution in [2.75, 3.05) is 18.0 Å². The SMILES string of the molecule is Cc1nn(C)c(C)c1-c1nc(N2CC(C)NC(C)C2)n[nH]1. The van der Waals surface area contributed by atoms with Crippen LogP contribution in [0.3, 0.4) is 0 Å². The normalized spacial score (nSPS) is 22.8. The molecule has 2 unspecified atom stereocenters. The number of aryl methyl sites for hydroxylation is 2. The number of nitrogens with one attached hydrogen (secondary N) is 2. The van der Waals surface area contributed by atoms with Crippen molar-refractivity contribution < 1.29 is 0 Å². The predicted molar refractivity (Wildman–Crippen MR) is 82.3 cm³/mol. The van der Waals surface area contributed by atoms with Gasteiger partial charge in [-0.3, -0.25) is 9.78 Å². The molecule has 21 heavy (non-hydrogen) atoms. The lowest BCUT2D eigenvalue weighted by Gasteiger charge is -2.35. The van der Waals surface area contributed by atoms with E-state index in [1.54, 1.807) is 0 Å². The minimum atomic E-state index is 0.442. The molecule has 0 amide bonds. The molecule has 1 fully saturated rings. The van der Waals surface area contributed by atoms with E-state index < -0.39 is 0 Å². The smallest absolute Gasteiger partial charge is 0.245 e. The third-order valence-electron chi connectivity index (χ3n) is 4.06. The first-order valence-corrected chi connectivity index (χ1v) is 7.39. The highest BCUT2D eigenvalue weighted by molar-refractivity contribution is 5.62. The summed E-state index contributed by atoms with van der Waals surface area (Å²) in [6.07, 6.45) is 0. The second-order valence-electron chi connectivity index (χ2n) is 6.03. The summed E-state index contributed by atoms with van der Waals surface area (Å²) in [5, 5.41) is 15.4. The maximum atomic E-state index is 4.69. The Bertz CT molecular complexity index is 632. The number of hydrogen-bond acceptors (Lipinski definition) is 5. The van der Waals surface area contributed by atoms with E-state index in [-0.39, 0.29) is 0 Å². The van der Waals surface area contributed by atoms with Gasteiger partial charge in [0.25, 0.3) is 0 Å². The van der Waals surface area contributed by atoms with E-state index in [4.69, 9.17) is 0 Å². The highest BCUT2D eigenvalue weighted by Gasteiger charge is 2.24. The van der Waals surface area contributed by atoms with E-state index in [0.717, 1.165) is 41.8 Å². The van der Waals surface area contributed by atoms with Gasteiger partial charge in [0.05, 0.1) is 11.3 Å². The Hall–Kier alpha value is -1.89. The van der Waals surface area contributed by atoms with Gasteiger partial charge >= 0.3 is 0 Å². The molecule has 0 aliphatic carbocycles. The van der Waals surface area contributed by atoms with E-state index in [2.05, 4.69) is 44.3 Å². The molecule has 7 heteroatoms. The van der Waals surface area contributed by atoms with Crippen LogP contribution in [0.15, 0.2) is 0 Å². The van der Waals surface area contributed by atoms with E-state index in [1.165, 1.54) is 0 Å². The van der Waals surface area contributed by atoms with Crippen LogP contribution in [0.5, 0.6) is 0 Å². The number of aromatic nitrogens is 5. The van der Waals surface area contributed by atoms with Crippen LogP contribution in [-0.4, -0.2) is 50.1 Å². The molecular weight excluding hydrogens is 266 g/mol. The first-order valence-electron chi connectivity index (χ1n) is 7.39. The molecule has 0 radical (unpaired) electrons. The van der Waals surface area contributed by atoms with Gasteiger partial charge in [0, 0.05) is 37.9 Å². The Kier molecular flexibility index (Phi) is 3.44. The van der Waals surface area contributed by atoms with E-state index in [1.807, 2.05) is 25.6 Å². The van der Waals surface area contributed by atoms with Gasteiger partial charge in [-0.1, -0.05) is 0 Å². The van der Waals surface area contributed by atoms with Crippen molar-refractivity contribution in [2.45, 2.75) is 39.8 Å². The standard InChI is InChI=1S/C14H23N7/c1-8-6-21(7-9(2)15-8)14-16-13(17-18-14)12-10(3)19-20(5)11(12)4/h8-9,15H,6-7H2,1-5H3,(H,16,17,18). The van der Waals surface area contributed by atoms with Gasteiger partial charge < -0.3 is 10.2 Å². The molecular formula is C14H23N7. The zero-order valence-corrected chi connectivity index (χ0v) is 13.3. The molecule has 1 saturated heterocycles. The largest absolute Gasteiger partial charge is 0.336 e. The minimum absolute atomic E-state index is 0.442. The lowest BCUT2D eigenvalue weighted by molar-refractivity contribution is 0.403. The molecule has 2 aromatic heterocycles. The number of hydrogen-bond donors (Lipinski definition) is 2. The van der Waals surface area contributed by atoms with Crippen LogP contribution in [0, 0.1) is 13.8 Å². The monoisotopic (exact) mass is 289 g/mol. The average molecular weight is 289 g/mol. The maximum absolute atomic E-state index is 4.69. The van der Waals surface area contributed by atoms with Gasteiger partial charge in [0.1, 0.15) is 0 Å². The van der Waals surface area contributed by atoms with Crippen LogP contribution in [-0.2, 0) is 7.05 Å². The fourth-order valence-electron chi connectivity index (χ4n) is 3.11. The zero-order valence-electron chi connectivity index (χ0n) is 13.3. The molecule has 7 nitrogen and oxygen atoms in total. The quantitative estimate of drug-likeness (QED) is 0.863. The number of anilines is 1. The van der Waals surface area contributed by atoms with Crippen molar-refractivity contribution in [1.82, 2.24) is 30.3 Å². The van der Waals surface area contributed by atoms with E-state index >= 15 is 0 Å². The molecule has 0 saturated carbocycles. The number of piperazine rings is 1. The van der Waals surface area contributed by atoms with Crippen molar-refractivity contribution in [3.8, 4) is 11.4 Å². The molecule has 2 atom stereocenters. The number of H-pyrrole nitrogens is 1. The Morgan fingerprint density at radius 3 is 2.38 bits per heavy atom. The average Bonchev–Trinajstić information content (AvgIpc) is 2.95. The summed E-state index contributed by atoms with van der Waals surface area (Å²) < 4.78 is 1.88. The maximum Gasteiger partial charge on any atom is 0.245 e. The van der Waals surface area contributed by atoms with Gasteiger partial charge in [0.15, 0.2) is 5.82 Å². The zero-order chi connectivity index (χ0) is 15.1. The number of aromatic amines is 1. The van der Waals surface area contributed by atoms with Crippen LogP contribution in [0.25, 0.3) is 11.4 Å². The van der Waals surface area contributed by atoms with E-state index in [0.29, 0.717) is 12.1 Å². The number of rotatable bonds is 2. The predicted octanol–water partition coefficient (Wildman–Crippen LogP) is 1.01. The van der Waals surface area contributed by atoms with Crippen molar-refractivity contribution >= 4 is 5.95 Å². The minimum Gasteiger partial charge on any atom is -0.336 e. The van der Waals surface area contributed by atoms with Crippen LogP contribution in [0.4, 0.5) is 5.95 Å². The first-order chi connectivity index (χ1) is 9.95. The molecule has 0 spiro atoms. The Morgan fingerprint density at radius 1 is 1.14 bits per heavy atom. The second kappa shape index (κ2) is 5.14. The van der Waals surface area contributed by atoms with Crippen LogP contribution < -0.4 is 10.2 Å². The van der Waals surface area contributed by atoms with Gasteiger partial charge in [-0.05, 0) is 27.7 Å². The van der Waals surface area contributed by atoms with Crippen LogP contribution in [0.2, 0.25) is 0 Å². The lowest BCUT2D eigenvalue weighted by atomic mass is 10.1. The third kappa shape index (κ3) is 2.53. The van der Waals surface area contributed by atoms with Crippen LogP contribution >= 0.6 is 0 Å². The van der Waals surface area contributed by atoms with Crippen molar-refractivity contribution in [3.05, 3.63) is 11.4 Å². The molecule has 0 bridgehead atoms. The lowest BCUT2D eigenvalue weighted by Crippen LogP contribution is -2.54. The summed E-state index contributed by atoms with van der Waals surface area (Å²) in [5.74, 6) is 1.57. The van der Waals surface area contributed by atoms with E-state index in [9.17, 15) is 0 Å². The Morgan fingerprint density at radius 2 is 1.81 bits per heavy atom. The van der Waals surface area contributed by atoms with Crippen LogP contribution in [0.1, 0.15) is 25.2 Å². The van der Waals surface area contributed by atoms with Crippen molar-refractivity contribution in [3.63, 3.8) is 0 Å². The molecule has 114 valence electrons. The summed E-state index contributed by atoms with van der Waals surface area (Å²) in [4.78, 5) is 6.92. The molecule has 2 aromatic rings. The summed E-state index contributed by atoms with van der Waals surface area (Å²) in [6, 6.07) is 0.884. The summed E-state index contributed by atoms with van der Waals surface area (Å²) >= 11 is 0. The third-order valence-corrected chi connectivity index (χ3v) is 4.06. The molecule has 3 rings (SSSR count). The fourth-order valence-corrected chi connectivity index (χ4v) is 3.11. The topological polar surface area (TPSA) is 74.7 Å². The Balaban J connectivity index is 1.90. The second-order valence-corrected chi connectivity index (χ2v) is 6.03. The molecule has 3 heterocycles. The summed E-state index contributed by atoms with van der Waals surface area (Å²) in [5.41, 5.74) is 3.12. The Labute approximate surface area is 124 Å². The first kappa shape index (κ1) is 14.1. The number of nitrogens with zero attached hydrogens (tertiary/aromatic N) is 5. The summed E-state index contributed by atoms with van der Waals surface area (Å²) in [7, 11) is 1.95. The van der Waals surface area contributed by atoms with Gasteiger partial charge in [-0.2, -0.15) is 10.1 Å². The highest BCUT2D eigenvalue weighted by atomic mass is 15.4. The van der Waals surface area contributed by atoms with Gasteiger partial charge in [-0.25, -0.2) is 0 Å². The fraction of sp³-hybridized carbons (Fsp3) is 0.643.